The molecule has 0 unspecified atom stereocenters. The van der Waals surface area contributed by atoms with E-state index in [1.54, 1.807) is 0 Å². The van der Waals surface area contributed by atoms with Crippen LogP contribution in [0.3, 0.4) is 0 Å². The van der Waals surface area contributed by atoms with Gasteiger partial charge in [0.05, 0.1) is 12.5 Å². The summed E-state index contributed by atoms with van der Waals surface area (Å²) < 4.78 is 0. The van der Waals surface area contributed by atoms with Gasteiger partial charge in [0, 0.05) is 38.3 Å². The van der Waals surface area contributed by atoms with E-state index in [1.165, 1.54) is 39.1 Å². The SMILES string of the molecule is CC[C@H](CC#N)NCCCN1CCN(C(C)C)CC1. The number of rotatable bonds is 8. The van der Waals surface area contributed by atoms with Gasteiger partial charge in [0.1, 0.15) is 0 Å². The number of hydrogen-bond acceptors (Lipinski definition) is 4. The van der Waals surface area contributed by atoms with Gasteiger partial charge in [-0.25, -0.2) is 0 Å². The highest BCUT2D eigenvalue weighted by atomic mass is 15.3. The van der Waals surface area contributed by atoms with Crippen molar-refractivity contribution >= 4 is 0 Å². The summed E-state index contributed by atoms with van der Waals surface area (Å²) >= 11 is 0. The molecule has 110 valence electrons. The fraction of sp³-hybridized carbons (Fsp3) is 0.933. The molecule has 0 aromatic carbocycles. The smallest absolute Gasteiger partial charge is 0.0638 e. The van der Waals surface area contributed by atoms with Crippen molar-refractivity contribution in [3.63, 3.8) is 0 Å². The van der Waals surface area contributed by atoms with Crippen LogP contribution in [0, 0.1) is 11.3 Å². The fourth-order valence-corrected chi connectivity index (χ4v) is 2.58. The van der Waals surface area contributed by atoms with Crippen molar-refractivity contribution < 1.29 is 0 Å². The number of hydrogen-bond donors (Lipinski definition) is 1. The molecule has 4 heteroatoms. The molecule has 0 aromatic rings. The first-order valence-corrected chi connectivity index (χ1v) is 7.74. The van der Waals surface area contributed by atoms with Crippen molar-refractivity contribution in [3.8, 4) is 6.07 Å². The van der Waals surface area contributed by atoms with Gasteiger partial charge in [0.25, 0.3) is 0 Å². The monoisotopic (exact) mass is 266 g/mol. The Morgan fingerprint density at radius 2 is 1.89 bits per heavy atom. The predicted octanol–water partition coefficient (Wildman–Crippen LogP) is 1.68. The number of nitriles is 1. The van der Waals surface area contributed by atoms with Gasteiger partial charge in [0.15, 0.2) is 0 Å². The first-order valence-electron chi connectivity index (χ1n) is 7.74. The summed E-state index contributed by atoms with van der Waals surface area (Å²) in [5.74, 6) is 0. The Morgan fingerprint density at radius 3 is 2.42 bits per heavy atom. The zero-order valence-corrected chi connectivity index (χ0v) is 12.9. The molecule has 0 aromatic heterocycles. The molecule has 0 radical (unpaired) electrons. The van der Waals surface area contributed by atoms with E-state index >= 15 is 0 Å². The Morgan fingerprint density at radius 1 is 1.21 bits per heavy atom. The van der Waals surface area contributed by atoms with Crippen molar-refractivity contribution in [2.24, 2.45) is 0 Å². The van der Waals surface area contributed by atoms with Gasteiger partial charge in [-0.2, -0.15) is 5.26 Å². The molecule has 0 saturated carbocycles. The van der Waals surface area contributed by atoms with E-state index < -0.39 is 0 Å². The van der Waals surface area contributed by atoms with Crippen LogP contribution in [0.5, 0.6) is 0 Å². The van der Waals surface area contributed by atoms with Crippen LogP contribution in [-0.2, 0) is 0 Å². The molecule has 1 aliphatic heterocycles. The van der Waals surface area contributed by atoms with Crippen LogP contribution in [0.1, 0.15) is 40.0 Å². The van der Waals surface area contributed by atoms with Gasteiger partial charge in [-0.05, 0) is 39.8 Å². The minimum Gasteiger partial charge on any atom is -0.313 e. The second-order valence-electron chi connectivity index (χ2n) is 5.75. The molecule has 1 fully saturated rings. The van der Waals surface area contributed by atoms with E-state index in [9.17, 15) is 0 Å². The van der Waals surface area contributed by atoms with E-state index in [1.807, 2.05) is 0 Å². The molecular formula is C15H30N4. The molecule has 1 rings (SSSR count). The second kappa shape index (κ2) is 9.30. The first kappa shape index (κ1) is 16.4. The third-order valence-corrected chi connectivity index (χ3v) is 4.05. The largest absolute Gasteiger partial charge is 0.313 e. The molecule has 0 amide bonds. The number of nitrogens with zero attached hydrogens (tertiary/aromatic N) is 3. The lowest BCUT2D eigenvalue weighted by atomic mass is 10.1. The summed E-state index contributed by atoms with van der Waals surface area (Å²) in [6.07, 6.45) is 2.85. The summed E-state index contributed by atoms with van der Waals surface area (Å²) in [5.41, 5.74) is 0. The fourth-order valence-electron chi connectivity index (χ4n) is 2.58. The molecule has 0 spiro atoms. The summed E-state index contributed by atoms with van der Waals surface area (Å²) in [6, 6.07) is 3.30. The lowest BCUT2D eigenvalue weighted by Gasteiger charge is -2.37. The summed E-state index contributed by atoms with van der Waals surface area (Å²) in [6.45, 7) is 13.7. The zero-order chi connectivity index (χ0) is 14.1. The van der Waals surface area contributed by atoms with Crippen molar-refractivity contribution in [2.45, 2.75) is 52.1 Å². The second-order valence-corrected chi connectivity index (χ2v) is 5.75. The minimum absolute atomic E-state index is 0.378. The number of piperazine rings is 1. The van der Waals surface area contributed by atoms with Crippen LogP contribution < -0.4 is 5.32 Å². The Labute approximate surface area is 118 Å². The molecule has 1 atom stereocenters. The maximum absolute atomic E-state index is 8.69. The lowest BCUT2D eigenvalue weighted by Crippen LogP contribution is -2.49. The van der Waals surface area contributed by atoms with Crippen molar-refractivity contribution in [2.75, 3.05) is 39.3 Å². The molecule has 19 heavy (non-hydrogen) atoms. The van der Waals surface area contributed by atoms with Crippen LogP contribution in [0.4, 0.5) is 0 Å². The Kier molecular flexibility index (Phi) is 8.04. The van der Waals surface area contributed by atoms with Gasteiger partial charge >= 0.3 is 0 Å². The standard InChI is InChI=1S/C15H30N4/c1-4-15(6-7-16)17-8-5-9-18-10-12-19(13-11-18)14(2)3/h14-15,17H,4-6,8-13H2,1-3H3/t15-/m1/s1. The Bertz CT molecular complexity index is 264. The van der Waals surface area contributed by atoms with E-state index in [0.717, 1.165) is 13.0 Å². The maximum Gasteiger partial charge on any atom is 0.0638 e. The van der Waals surface area contributed by atoms with E-state index in [0.29, 0.717) is 18.5 Å². The number of nitrogens with one attached hydrogen (secondary N) is 1. The van der Waals surface area contributed by atoms with Crippen LogP contribution >= 0.6 is 0 Å². The van der Waals surface area contributed by atoms with Crippen LogP contribution in [-0.4, -0.2) is 61.2 Å². The Balaban J connectivity index is 2.06. The van der Waals surface area contributed by atoms with Crippen LogP contribution in [0.2, 0.25) is 0 Å². The maximum atomic E-state index is 8.69. The van der Waals surface area contributed by atoms with Crippen molar-refractivity contribution in [1.82, 2.24) is 15.1 Å². The van der Waals surface area contributed by atoms with Gasteiger partial charge in [0.2, 0.25) is 0 Å². The van der Waals surface area contributed by atoms with Crippen molar-refractivity contribution in [3.05, 3.63) is 0 Å². The lowest BCUT2D eigenvalue weighted by molar-refractivity contribution is 0.107. The third-order valence-electron chi connectivity index (χ3n) is 4.05. The molecule has 0 aliphatic carbocycles. The normalized spacial score (nSPS) is 19.5. The average molecular weight is 266 g/mol. The Hall–Kier alpha value is -0.630. The summed E-state index contributed by atoms with van der Waals surface area (Å²) in [4.78, 5) is 5.11. The quantitative estimate of drug-likeness (QED) is 0.679. The van der Waals surface area contributed by atoms with Crippen molar-refractivity contribution in [1.29, 1.82) is 5.26 Å². The van der Waals surface area contributed by atoms with Gasteiger partial charge in [-0.3, -0.25) is 4.90 Å². The highest BCUT2D eigenvalue weighted by Gasteiger charge is 2.18. The van der Waals surface area contributed by atoms with E-state index in [2.05, 4.69) is 42.0 Å². The molecule has 4 nitrogen and oxygen atoms in total. The molecule has 1 aliphatic rings. The highest BCUT2D eigenvalue weighted by Crippen LogP contribution is 2.06. The van der Waals surface area contributed by atoms with Crippen LogP contribution in [0.25, 0.3) is 0 Å². The van der Waals surface area contributed by atoms with Gasteiger partial charge < -0.3 is 10.2 Å². The summed E-state index contributed by atoms with van der Waals surface area (Å²) in [5, 5.41) is 12.2. The minimum atomic E-state index is 0.378. The third kappa shape index (κ3) is 6.38. The van der Waals surface area contributed by atoms with Crippen LogP contribution in [0.15, 0.2) is 0 Å². The van der Waals surface area contributed by atoms with Gasteiger partial charge in [-0.1, -0.05) is 6.92 Å². The van der Waals surface area contributed by atoms with E-state index in [4.69, 9.17) is 5.26 Å². The molecule has 1 saturated heterocycles. The molecular weight excluding hydrogens is 236 g/mol. The van der Waals surface area contributed by atoms with Gasteiger partial charge in [-0.15, -0.1) is 0 Å². The zero-order valence-electron chi connectivity index (χ0n) is 12.9. The topological polar surface area (TPSA) is 42.3 Å². The predicted molar refractivity (Wildman–Crippen MR) is 80.1 cm³/mol. The average Bonchev–Trinajstić information content (AvgIpc) is 2.42. The molecule has 0 bridgehead atoms. The summed E-state index contributed by atoms with van der Waals surface area (Å²) in [7, 11) is 0. The van der Waals surface area contributed by atoms with E-state index in [-0.39, 0.29) is 0 Å². The molecule has 1 heterocycles. The molecule has 1 N–H and O–H groups in total. The highest BCUT2D eigenvalue weighted by molar-refractivity contribution is 4.80. The first-order chi connectivity index (χ1) is 9.17.